The van der Waals surface area contributed by atoms with Crippen LogP contribution in [0.1, 0.15) is 32.6 Å². The first kappa shape index (κ1) is 25.5. The van der Waals surface area contributed by atoms with Gasteiger partial charge in [-0.1, -0.05) is 23.7 Å². The molecule has 0 aliphatic carbocycles. The number of urea groups is 2. The SMILES string of the molecule is C#Cc1ccc(C#C)c(NC(=O)Nc2cc(NC(=O)Nc3cc(C#C)ccc3C#C)cc(C(=O)O)c2)c1. The summed E-state index contributed by atoms with van der Waals surface area (Å²) in [7, 11) is 0. The molecule has 0 aliphatic heterocycles. The van der Waals surface area contributed by atoms with E-state index in [2.05, 4.69) is 44.9 Å². The molecule has 8 nitrogen and oxygen atoms in total. The first-order valence-electron chi connectivity index (χ1n) is 10.4. The summed E-state index contributed by atoms with van der Waals surface area (Å²) >= 11 is 0. The monoisotopic (exact) mass is 486 g/mol. The van der Waals surface area contributed by atoms with E-state index in [4.69, 9.17) is 25.7 Å². The number of anilines is 4. The van der Waals surface area contributed by atoms with Crippen molar-refractivity contribution >= 4 is 40.8 Å². The first-order valence-corrected chi connectivity index (χ1v) is 10.4. The summed E-state index contributed by atoms with van der Waals surface area (Å²) in [6.07, 6.45) is 21.8. The number of carboxylic acids is 1. The Morgan fingerprint density at radius 3 is 1.38 bits per heavy atom. The Balaban J connectivity index is 1.81. The van der Waals surface area contributed by atoms with E-state index in [0.717, 1.165) is 0 Å². The third-order valence-electron chi connectivity index (χ3n) is 4.88. The fourth-order valence-electron chi connectivity index (χ4n) is 3.19. The van der Waals surface area contributed by atoms with E-state index < -0.39 is 18.0 Å². The molecular weight excluding hydrogens is 468 g/mol. The van der Waals surface area contributed by atoms with Gasteiger partial charge in [0.2, 0.25) is 0 Å². The van der Waals surface area contributed by atoms with Gasteiger partial charge in [-0.05, 0) is 54.6 Å². The topological polar surface area (TPSA) is 120 Å². The number of carboxylic acid groups (broad SMARTS) is 1. The standard InChI is InChI=1S/C29H18N4O4/c1-5-18-9-11-20(7-3)25(13-18)32-28(36)30-23-15-22(27(34)35)16-24(17-23)31-29(37)33-26-14-19(6-2)10-12-21(26)8-4/h1-4,9-17H,(H,34,35)(H2,30,32,36)(H2,31,33,37). The van der Waals surface area contributed by atoms with Crippen LogP contribution in [0.4, 0.5) is 32.3 Å². The number of aromatic carboxylic acids is 1. The average molecular weight is 486 g/mol. The maximum Gasteiger partial charge on any atom is 0.335 e. The Kier molecular flexibility index (Phi) is 7.84. The summed E-state index contributed by atoms with van der Waals surface area (Å²) in [5, 5.41) is 19.7. The molecule has 5 N–H and O–H groups in total. The molecule has 3 aromatic rings. The van der Waals surface area contributed by atoms with Crippen LogP contribution in [0, 0.1) is 49.4 Å². The van der Waals surface area contributed by atoms with Crippen molar-refractivity contribution in [3.05, 3.63) is 82.4 Å². The molecule has 0 fully saturated rings. The van der Waals surface area contributed by atoms with Crippen molar-refractivity contribution in [1.82, 2.24) is 0 Å². The quantitative estimate of drug-likeness (QED) is 0.339. The normalized spacial score (nSPS) is 9.41. The summed E-state index contributed by atoms with van der Waals surface area (Å²) in [4.78, 5) is 36.9. The van der Waals surface area contributed by atoms with Gasteiger partial charge < -0.3 is 26.4 Å². The third kappa shape index (κ3) is 6.49. The largest absolute Gasteiger partial charge is 0.478 e. The lowest BCUT2D eigenvalue weighted by Crippen LogP contribution is -2.22. The summed E-state index contributed by atoms with van der Waals surface area (Å²) < 4.78 is 0. The molecule has 0 saturated heterocycles. The van der Waals surface area contributed by atoms with E-state index in [1.54, 1.807) is 24.3 Å². The highest BCUT2D eigenvalue weighted by atomic mass is 16.4. The molecule has 3 rings (SSSR count). The van der Waals surface area contributed by atoms with Gasteiger partial charge in [0.15, 0.2) is 0 Å². The summed E-state index contributed by atoms with van der Waals surface area (Å²) in [6, 6.07) is 11.9. The molecule has 178 valence electrons. The minimum absolute atomic E-state index is 0.0849. The highest BCUT2D eigenvalue weighted by Crippen LogP contribution is 2.22. The number of terminal acetylenes is 4. The Morgan fingerprint density at radius 2 is 1.03 bits per heavy atom. The van der Waals surface area contributed by atoms with E-state index in [1.165, 1.54) is 30.3 Å². The average Bonchev–Trinajstić information content (AvgIpc) is 2.88. The lowest BCUT2D eigenvalue weighted by Gasteiger charge is -2.13. The lowest BCUT2D eigenvalue weighted by atomic mass is 10.1. The molecule has 4 amide bonds. The number of carbonyl (C=O) groups excluding carboxylic acids is 2. The smallest absolute Gasteiger partial charge is 0.335 e. The van der Waals surface area contributed by atoms with Gasteiger partial charge in [0.05, 0.1) is 16.9 Å². The fourth-order valence-corrected chi connectivity index (χ4v) is 3.19. The van der Waals surface area contributed by atoms with Crippen molar-refractivity contribution in [3.8, 4) is 49.4 Å². The van der Waals surface area contributed by atoms with Gasteiger partial charge in [-0.3, -0.25) is 0 Å². The van der Waals surface area contributed by atoms with E-state index in [1.807, 2.05) is 0 Å². The summed E-state index contributed by atoms with van der Waals surface area (Å²) in [6.45, 7) is 0. The van der Waals surface area contributed by atoms with Gasteiger partial charge >= 0.3 is 18.0 Å². The molecule has 37 heavy (non-hydrogen) atoms. The van der Waals surface area contributed by atoms with Crippen molar-refractivity contribution < 1.29 is 19.5 Å². The molecule has 3 aromatic carbocycles. The van der Waals surface area contributed by atoms with Crippen LogP contribution in [0.15, 0.2) is 54.6 Å². The number of carbonyl (C=O) groups is 3. The second kappa shape index (κ2) is 11.4. The van der Waals surface area contributed by atoms with Crippen LogP contribution in [0.25, 0.3) is 0 Å². The van der Waals surface area contributed by atoms with Crippen molar-refractivity contribution in [1.29, 1.82) is 0 Å². The van der Waals surface area contributed by atoms with Crippen LogP contribution in [0.3, 0.4) is 0 Å². The summed E-state index contributed by atoms with van der Waals surface area (Å²) in [5.41, 5.74) is 2.36. The van der Waals surface area contributed by atoms with Crippen LogP contribution in [-0.2, 0) is 0 Å². The second-order valence-corrected chi connectivity index (χ2v) is 7.36. The molecule has 0 radical (unpaired) electrons. The zero-order valence-corrected chi connectivity index (χ0v) is 19.2. The molecule has 8 heteroatoms. The number of benzene rings is 3. The number of nitrogens with one attached hydrogen (secondary N) is 4. The third-order valence-corrected chi connectivity index (χ3v) is 4.88. The van der Waals surface area contributed by atoms with Crippen LogP contribution in [-0.4, -0.2) is 23.1 Å². The minimum atomic E-state index is -1.28. The summed E-state index contributed by atoms with van der Waals surface area (Å²) in [5.74, 6) is 8.49. The van der Waals surface area contributed by atoms with E-state index >= 15 is 0 Å². The van der Waals surface area contributed by atoms with Crippen LogP contribution in [0.5, 0.6) is 0 Å². The predicted molar refractivity (Wildman–Crippen MR) is 143 cm³/mol. The van der Waals surface area contributed by atoms with Gasteiger partial charge in [0, 0.05) is 33.6 Å². The molecule has 0 heterocycles. The van der Waals surface area contributed by atoms with Crippen LogP contribution < -0.4 is 21.3 Å². The number of amides is 4. The second-order valence-electron chi connectivity index (χ2n) is 7.36. The maximum atomic E-state index is 12.6. The van der Waals surface area contributed by atoms with E-state index in [9.17, 15) is 19.5 Å². The van der Waals surface area contributed by atoms with Gasteiger partial charge in [-0.2, -0.15) is 0 Å². The molecule has 0 aliphatic rings. The minimum Gasteiger partial charge on any atom is -0.478 e. The number of rotatable bonds is 5. The Labute approximate surface area is 213 Å². The van der Waals surface area contributed by atoms with Crippen molar-refractivity contribution in [2.45, 2.75) is 0 Å². The molecule has 0 spiro atoms. The molecule has 0 bridgehead atoms. The molecular formula is C29H18N4O4. The number of hydrogen-bond acceptors (Lipinski definition) is 3. The lowest BCUT2D eigenvalue weighted by molar-refractivity contribution is 0.0697. The Hall–Kier alpha value is -6.09. The van der Waals surface area contributed by atoms with E-state index in [0.29, 0.717) is 33.6 Å². The zero-order chi connectivity index (χ0) is 26.9. The molecule has 0 aromatic heterocycles. The fraction of sp³-hybridized carbons (Fsp3) is 0. The van der Waals surface area contributed by atoms with Gasteiger partial charge in [-0.25, -0.2) is 14.4 Å². The first-order chi connectivity index (χ1) is 17.8. The predicted octanol–water partition coefficient (Wildman–Crippen LogP) is 4.60. The van der Waals surface area contributed by atoms with E-state index in [-0.39, 0.29) is 16.9 Å². The zero-order valence-electron chi connectivity index (χ0n) is 19.2. The molecule has 0 saturated carbocycles. The highest BCUT2D eigenvalue weighted by Gasteiger charge is 2.13. The van der Waals surface area contributed by atoms with Gasteiger partial charge in [0.25, 0.3) is 0 Å². The maximum absolute atomic E-state index is 12.6. The molecule has 0 unspecified atom stereocenters. The van der Waals surface area contributed by atoms with Crippen LogP contribution >= 0.6 is 0 Å². The van der Waals surface area contributed by atoms with Gasteiger partial charge in [-0.15, -0.1) is 25.7 Å². The van der Waals surface area contributed by atoms with Crippen molar-refractivity contribution in [2.75, 3.05) is 21.3 Å². The molecule has 0 atom stereocenters. The van der Waals surface area contributed by atoms with Crippen molar-refractivity contribution in [3.63, 3.8) is 0 Å². The Bertz CT molecular complexity index is 1480. The van der Waals surface area contributed by atoms with Crippen LogP contribution in [0.2, 0.25) is 0 Å². The van der Waals surface area contributed by atoms with Crippen molar-refractivity contribution in [2.24, 2.45) is 0 Å². The number of hydrogen-bond donors (Lipinski definition) is 5. The Morgan fingerprint density at radius 1 is 0.595 bits per heavy atom. The highest BCUT2D eigenvalue weighted by molar-refractivity contribution is 6.04. The van der Waals surface area contributed by atoms with Gasteiger partial charge in [0.1, 0.15) is 0 Å².